The summed E-state index contributed by atoms with van der Waals surface area (Å²) in [5.41, 5.74) is 11.1. The number of thiol groups is 1. The third-order valence-corrected chi connectivity index (χ3v) is 6.57. The van der Waals surface area contributed by atoms with Crippen molar-refractivity contribution >= 4 is 48.4 Å². The summed E-state index contributed by atoms with van der Waals surface area (Å²) in [5.74, 6) is -0.597. The molecule has 186 valence electrons. The van der Waals surface area contributed by atoms with Gasteiger partial charge >= 0.3 is 0 Å². The van der Waals surface area contributed by atoms with Crippen LogP contribution in [0.4, 0.5) is 5.69 Å². The Labute approximate surface area is 218 Å². The first-order valence-corrected chi connectivity index (χ1v) is 12.1. The SMILES string of the molecule is C=NC(=O)Cc1cc(Cl)ccc1OC(C(=O)Nn1cccc(-c2cc(N)c(S)cc2C)c1=O)C1CC1. The molecule has 1 aromatic heterocycles. The summed E-state index contributed by atoms with van der Waals surface area (Å²) >= 11 is 10.4. The van der Waals surface area contributed by atoms with Crippen molar-refractivity contribution in [1.29, 1.82) is 0 Å². The van der Waals surface area contributed by atoms with Crippen molar-refractivity contribution in [2.24, 2.45) is 10.9 Å². The molecule has 8 nitrogen and oxygen atoms in total. The number of aryl methyl sites for hydroxylation is 1. The second-order valence-corrected chi connectivity index (χ2v) is 9.57. The Hall–Kier alpha value is -3.56. The van der Waals surface area contributed by atoms with Crippen molar-refractivity contribution in [2.75, 3.05) is 11.2 Å². The Kier molecular flexibility index (Phi) is 7.51. The molecule has 0 bridgehead atoms. The van der Waals surface area contributed by atoms with Gasteiger partial charge in [0.25, 0.3) is 11.5 Å². The zero-order valence-corrected chi connectivity index (χ0v) is 21.2. The van der Waals surface area contributed by atoms with Gasteiger partial charge in [0.2, 0.25) is 5.91 Å². The van der Waals surface area contributed by atoms with Crippen molar-refractivity contribution in [3.8, 4) is 16.9 Å². The molecule has 2 aromatic carbocycles. The highest BCUT2D eigenvalue weighted by Gasteiger charge is 2.39. The first-order chi connectivity index (χ1) is 17.2. The fourth-order valence-electron chi connectivity index (χ4n) is 3.89. The molecule has 1 heterocycles. The van der Waals surface area contributed by atoms with Crippen LogP contribution >= 0.6 is 24.2 Å². The van der Waals surface area contributed by atoms with Crippen LogP contribution in [0.3, 0.4) is 0 Å². The Balaban J connectivity index is 1.61. The van der Waals surface area contributed by atoms with E-state index in [9.17, 15) is 14.4 Å². The number of nitrogens with two attached hydrogens (primary N) is 1. The molecule has 1 aliphatic rings. The van der Waals surface area contributed by atoms with Crippen molar-refractivity contribution in [2.45, 2.75) is 37.2 Å². The van der Waals surface area contributed by atoms with Crippen LogP contribution in [0.1, 0.15) is 24.0 Å². The van der Waals surface area contributed by atoms with Gasteiger partial charge in [-0.1, -0.05) is 11.6 Å². The van der Waals surface area contributed by atoms with E-state index < -0.39 is 23.5 Å². The van der Waals surface area contributed by atoms with Crippen LogP contribution in [0.15, 0.2) is 63.3 Å². The van der Waals surface area contributed by atoms with Crippen LogP contribution in [0.2, 0.25) is 5.02 Å². The zero-order valence-electron chi connectivity index (χ0n) is 19.5. The molecular weight excluding hydrogens is 500 g/mol. The molecule has 0 saturated heterocycles. The normalized spacial score (nSPS) is 13.6. The number of rotatable bonds is 8. The number of benzene rings is 2. The molecule has 0 aliphatic heterocycles. The highest BCUT2D eigenvalue weighted by atomic mass is 35.5. The molecule has 1 atom stereocenters. The van der Waals surface area contributed by atoms with Crippen molar-refractivity contribution in [3.05, 3.63) is 75.2 Å². The van der Waals surface area contributed by atoms with E-state index in [2.05, 4.69) is 29.8 Å². The lowest BCUT2D eigenvalue weighted by atomic mass is 10.0. The number of hydrogen-bond acceptors (Lipinski definition) is 6. The summed E-state index contributed by atoms with van der Waals surface area (Å²) < 4.78 is 7.21. The summed E-state index contributed by atoms with van der Waals surface area (Å²) in [4.78, 5) is 42.4. The largest absolute Gasteiger partial charge is 0.480 e. The minimum Gasteiger partial charge on any atom is -0.480 e. The summed E-state index contributed by atoms with van der Waals surface area (Å²) in [6.07, 6.45) is 2.15. The van der Waals surface area contributed by atoms with Crippen LogP contribution in [0.25, 0.3) is 11.1 Å². The van der Waals surface area contributed by atoms with Gasteiger partial charge in [0.1, 0.15) is 5.75 Å². The average Bonchev–Trinajstić information content (AvgIpc) is 3.67. The maximum atomic E-state index is 13.3. The highest BCUT2D eigenvalue weighted by molar-refractivity contribution is 7.80. The van der Waals surface area contributed by atoms with Crippen LogP contribution in [0.5, 0.6) is 5.75 Å². The quantitative estimate of drug-likeness (QED) is 0.233. The van der Waals surface area contributed by atoms with Crippen LogP contribution in [0, 0.1) is 12.8 Å². The van der Waals surface area contributed by atoms with E-state index in [1.807, 2.05) is 6.92 Å². The molecule has 1 unspecified atom stereocenters. The lowest BCUT2D eigenvalue weighted by Crippen LogP contribution is -2.42. The molecule has 1 fully saturated rings. The molecule has 1 aliphatic carbocycles. The first kappa shape index (κ1) is 25.5. The molecule has 10 heteroatoms. The molecular formula is C26H25ClN4O4S. The first-order valence-electron chi connectivity index (χ1n) is 11.2. The molecule has 36 heavy (non-hydrogen) atoms. The van der Waals surface area contributed by atoms with E-state index in [1.165, 1.54) is 6.20 Å². The Bertz CT molecular complexity index is 1420. The zero-order chi connectivity index (χ0) is 26.0. The van der Waals surface area contributed by atoms with Gasteiger partial charge in [-0.3, -0.25) is 19.8 Å². The predicted octanol–water partition coefficient (Wildman–Crippen LogP) is 4.05. The number of nitrogens with zero attached hydrogens (tertiary/aromatic N) is 2. The standard InChI is InChI=1S/C26H25ClN4O4S/c1-14-10-22(36)20(28)13-19(14)18-4-3-9-31(26(18)34)30-25(33)24(15-5-6-15)35-21-8-7-17(27)11-16(21)12-23(32)29-2/h3-4,7-11,13,15,24,36H,2,5-6,12,28H2,1H3,(H,30,33). The van der Waals surface area contributed by atoms with Gasteiger partial charge in [-0.2, -0.15) is 0 Å². The summed E-state index contributed by atoms with van der Waals surface area (Å²) in [5, 5.41) is 0.423. The molecule has 3 aromatic rings. The van der Waals surface area contributed by atoms with Gasteiger partial charge in [-0.15, -0.1) is 12.6 Å². The second-order valence-electron chi connectivity index (χ2n) is 8.66. The molecule has 3 N–H and O–H groups in total. The Morgan fingerprint density at radius 2 is 2.03 bits per heavy atom. The molecule has 2 amide bonds. The fraction of sp³-hybridized carbons (Fsp3) is 0.231. The van der Waals surface area contributed by atoms with E-state index in [1.54, 1.807) is 42.5 Å². The lowest BCUT2D eigenvalue weighted by Gasteiger charge is -2.21. The van der Waals surface area contributed by atoms with E-state index >= 15 is 0 Å². The maximum Gasteiger partial charge on any atom is 0.280 e. The minimum absolute atomic E-state index is 0.0226. The number of carbonyl (C=O) groups excluding carboxylic acids is 2. The monoisotopic (exact) mass is 524 g/mol. The van der Waals surface area contributed by atoms with Crippen molar-refractivity contribution in [1.82, 2.24) is 4.68 Å². The van der Waals surface area contributed by atoms with Gasteiger partial charge in [0.05, 0.1) is 6.42 Å². The van der Waals surface area contributed by atoms with E-state index in [0.717, 1.165) is 23.1 Å². The van der Waals surface area contributed by atoms with Crippen LogP contribution < -0.4 is 21.5 Å². The number of ether oxygens (including phenoxy) is 1. The summed E-state index contributed by atoms with van der Waals surface area (Å²) in [6, 6.07) is 11.6. The van der Waals surface area contributed by atoms with Crippen molar-refractivity contribution in [3.63, 3.8) is 0 Å². The van der Waals surface area contributed by atoms with Gasteiger partial charge in [-0.25, -0.2) is 9.67 Å². The summed E-state index contributed by atoms with van der Waals surface area (Å²) in [7, 11) is 0. The molecule has 1 saturated carbocycles. The minimum atomic E-state index is -0.867. The van der Waals surface area contributed by atoms with Crippen LogP contribution in [-0.2, 0) is 16.0 Å². The number of anilines is 1. The van der Waals surface area contributed by atoms with Crippen molar-refractivity contribution < 1.29 is 14.3 Å². The number of nitrogens with one attached hydrogen (secondary N) is 1. The smallest absolute Gasteiger partial charge is 0.280 e. The fourth-order valence-corrected chi connectivity index (χ4v) is 4.34. The third kappa shape index (κ3) is 5.63. The molecule has 0 radical (unpaired) electrons. The Morgan fingerprint density at radius 3 is 2.72 bits per heavy atom. The average molecular weight is 525 g/mol. The number of halogens is 1. The topological polar surface area (TPSA) is 116 Å². The number of nitrogen functional groups attached to an aromatic ring is 1. The van der Waals surface area contributed by atoms with E-state index in [-0.39, 0.29) is 12.3 Å². The third-order valence-electron chi connectivity index (χ3n) is 5.94. The summed E-state index contributed by atoms with van der Waals surface area (Å²) in [6.45, 7) is 5.11. The Morgan fingerprint density at radius 1 is 1.28 bits per heavy atom. The van der Waals surface area contributed by atoms with Crippen LogP contribution in [-0.4, -0.2) is 29.3 Å². The highest BCUT2D eigenvalue weighted by Crippen LogP contribution is 2.36. The van der Waals surface area contributed by atoms with Gasteiger partial charge in [-0.05, 0) is 80.1 Å². The van der Waals surface area contributed by atoms with Gasteiger partial charge in [0.15, 0.2) is 6.10 Å². The number of aliphatic imine (C=N–C) groups is 1. The number of pyridine rings is 1. The van der Waals surface area contributed by atoms with E-state index in [4.69, 9.17) is 22.1 Å². The number of hydrogen-bond donors (Lipinski definition) is 3. The number of amides is 2. The lowest BCUT2D eigenvalue weighted by molar-refractivity contribution is -0.124. The van der Waals surface area contributed by atoms with E-state index in [0.29, 0.717) is 38.0 Å². The number of aromatic nitrogens is 1. The number of carbonyl (C=O) groups is 2. The molecule has 0 spiro atoms. The van der Waals surface area contributed by atoms with Gasteiger partial charge in [0, 0.05) is 38.8 Å². The van der Waals surface area contributed by atoms with Gasteiger partial charge < -0.3 is 10.5 Å². The molecule has 4 rings (SSSR count). The maximum absolute atomic E-state index is 13.3. The second kappa shape index (κ2) is 10.6. The predicted molar refractivity (Wildman–Crippen MR) is 144 cm³/mol.